The zero-order chi connectivity index (χ0) is 21.5. The van der Waals surface area contributed by atoms with Crippen molar-refractivity contribution in [1.82, 2.24) is 9.97 Å². The van der Waals surface area contributed by atoms with E-state index in [1.165, 1.54) is 24.0 Å². The number of hydrogen-bond acceptors (Lipinski definition) is 5. The standard InChI is InChI=1S/C26H33N5/c1-2-3-7-20-10-12-23(13-11-20)30-25-24(27)26(29-19-28-25)31-16-14-22(15-17-31)18-21-8-5-4-6-9-21/h4-6,8-13,19,22H,2-3,7,14-18,27H2,1H3,(H,28,29,30). The number of nitrogen functional groups attached to an aromatic ring is 1. The minimum absolute atomic E-state index is 0.624. The molecule has 0 bridgehead atoms. The molecule has 0 aliphatic carbocycles. The number of hydrogen-bond donors (Lipinski definition) is 2. The fourth-order valence-electron chi connectivity index (χ4n) is 4.31. The summed E-state index contributed by atoms with van der Waals surface area (Å²) in [7, 11) is 0. The monoisotopic (exact) mass is 415 g/mol. The summed E-state index contributed by atoms with van der Waals surface area (Å²) in [5.74, 6) is 2.23. The van der Waals surface area contributed by atoms with Gasteiger partial charge >= 0.3 is 0 Å². The minimum atomic E-state index is 0.624. The number of rotatable bonds is 8. The van der Waals surface area contributed by atoms with Crippen molar-refractivity contribution in [2.24, 2.45) is 5.92 Å². The molecule has 1 aliphatic rings. The van der Waals surface area contributed by atoms with Crippen molar-refractivity contribution in [2.75, 3.05) is 29.0 Å². The van der Waals surface area contributed by atoms with Crippen LogP contribution in [0, 0.1) is 5.92 Å². The van der Waals surface area contributed by atoms with Crippen LogP contribution in [0.2, 0.25) is 0 Å². The minimum Gasteiger partial charge on any atom is -0.393 e. The first-order valence-corrected chi connectivity index (χ1v) is 11.5. The molecule has 3 N–H and O–H groups in total. The molecule has 5 nitrogen and oxygen atoms in total. The average Bonchev–Trinajstić information content (AvgIpc) is 2.81. The Morgan fingerprint density at radius 2 is 1.71 bits per heavy atom. The second-order valence-corrected chi connectivity index (χ2v) is 8.51. The summed E-state index contributed by atoms with van der Waals surface area (Å²) < 4.78 is 0. The molecule has 5 heteroatoms. The van der Waals surface area contributed by atoms with Gasteiger partial charge in [-0.15, -0.1) is 0 Å². The van der Waals surface area contributed by atoms with E-state index in [0.29, 0.717) is 17.4 Å². The van der Waals surface area contributed by atoms with E-state index in [-0.39, 0.29) is 0 Å². The first-order valence-electron chi connectivity index (χ1n) is 11.5. The molecule has 1 saturated heterocycles. The fraction of sp³-hybridized carbons (Fsp3) is 0.385. The van der Waals surface area contributed by atoms with Gasteiger partial charge in [-0.2, -0.15) is 0 Å². The number of aromatic nitrogens is 2. The maximum atomic E-state index is 6.49. The summed E-state index contributed by atoms with van der Waals surface area (Å²) in [6, 6.07) is 19.3. The van der Waals surface area contributed by atoms with Crippen LogP contribution in [0.15, 0.2) is 60.9 Å². The maximum Gasteiger partial charge on any atom is 0.159 e. The van der Waals surface area contributed by atoms with Gasteiger partial charge in [0.15, 0.2) is 11.6 Å². The molecule has 1 fully saturated rings. The van der Waals surface area contributed by atoms with Crippen molar-refractivity contribution in [3.63, 3.8) is 0 Å². The summed E-state index contributed by atoms with van der Waals surface area (Å²) in [6.07, 6.45) is 8.62. The predicted octanol–water partition coefficient (Wildman–Crippen LogP) is 5.60. The van der Waals surface area contributed by atoms with E-state index < -0.39 is 0 Å². The Labute approximate surface area is 185 Å². The van der Waals surface area contributed by atoms with Gasteiger partial charge in [0.05, 0.1) is 0 Å². The second kappa shape index (κ2) is 10.3. The molecule has 1 aromatic heterocycles. The highest BCUT2D eigenvalue weighted by molar-refractivity contribution is 5.78. The number of aryl methyl sites for hydroxylation is 1. The van der Waals surface area contributed by atoms with Gasteiger partial charge in [0, 0.05) is 18.8 Å². The molecule has 0 saturated carbocycles. The third-order valence-corrected chi connectivity index (χ3v) is 6.18. The van der Waals surface area contributed by atoms with Crippen molar-refractivity contribution in [1.29, 1.82) is 0 Å². The lowest BCUT2D eigenvalue weighted by atomic mass is 9.90. The van der Waals surface area contributed by atoms with Crippen LogP contribution in [0.1, 0.15) is 43.7 Å². The van der Waals surface area contributed by atoms with E-state index in [4.69, 9.17) is 5.73 Å². The van der Waals surface area contributed by atoms with E-state index in [1.807, 2.05) is 0 Å². The van der Waals surface area contributed by atoms with E-state index in [2.05, 4.69) is 81.7 Å². The molecular weight excluding hydrogens is 382 g/mol. The Kier molecular flexibility index (Phi) is 7.03. The van der Waals surface area contributed by atoms with Gasteiger partial charge in [0.1, 0.15) is 12.0 Å². The number of nitrogens with one attached hydrogen (secondary N) is 1. The van der Waals surface area contributed by atoms with Gasteiger partial charge in [-0.1, -0.05) is 55.8 Å². The molecule has 4 rings (SSSR count). The Hall–Kier alpha value is -3.08. The van der Waals surface area contributed by atoms with Crippen LogP contribution < -0.4 is 16.0 Å². The summed E-state index contributed by atoms with van der Waals surface area (Å²) in [5.41, 5.74) is 10.9. The smallest absolute Gasteiger partial charge is 0.159 e. The third-order valence-electron chi connectivity index (χ3n) is 6.18. The Morgan fingerprint density at radius 3 is 2.42 bits per heavy atom. The third kappa shape index (κ3) is 5.54. The van der Waals surface area contributed by atoms with Crippen molar-refractivity contribution < 1.29 is 0 Å². The molecule has 162 valence electrons. The Morgan fingerprint density at radius 1 is 0.968 bits per heavy atom. The zero-order valence-electron chi connectivity index (χ0n) is 18.4. The van der Waals surface area contributed by atoms with Gasteiger partial charge in [-0.3, -0.25) is 0 Å². The molecule has 0 unspecified atom stereocenters. The molecule has 0 radical (unpaired) electrons. The van der Waals surface area contributed by atoms with Crippen molar-refractivity contribution in [2.45, 2.75) is 45.4 Å². The second-order valence-electron chi connectivity index (χ2n) is 8.51. The highest BCUT2D eigenvalue weighted by Crippen LogP contribution is 2.32. The summed E-state index contributed by atoms with van der Waals surface area (Å²) in [5, 5.41) is 3.37. The normalized spacial score (nSPS) is 14.5. The molecule has 0 spiro atoms. The zero-order valence-corrected chi connectivity index (χ0v) is 18.4. The summed E-state index contributed by atoms with van der Waals surface area (Å²) >= 11 is 0. The average molecular weight is 416 g/mol. The Bertz CT molecular complexity index is 947. The van der Waals surface area contributed by atoms with Crippen LogP contribution in [0.3, 0.4) is 0 Å². The number of benzene rings is 2. The number of anilines is 4. The largest absolute Gasteiger partial charge is 0.393 e. The first-order chi connectivity index (χ1) is 15.2. The lowest BCUT2D eigenvalue weighted by Gasteiger charge is -2.33. The maximum absolute atomic E-state index is 6.49. The van der Waals surface area contributed by atoms with E-state index >= 15 is 0 Å². The number of unbranched alkanes of at least 4 members (excludes halogenated alkanes) is 1. The highest BCUT2D eigenvalue weighted by Gasteiger charge is 2.23. The van der Waals surface area contributed by atoms with Crippen LogP contribution in [0.4, 0.5) is 23.0 Å². The van der Waals surface area contributed by atoms with Gasteiger partial charge in [0.25, 0.3) is 0 Å². The van der Waals surface area contributed by atoms with Crippen LogP contribution >= 0.6 is 0 Å². The van der Waals surface area contributed by atoms with E-state index in [9.17, 15) is 0 Å². The molecule has 2 heterocycles. The SMILES string of the molecule is CCCCc1ccc(Nc2ncnc(N3CCC(Cc4ccccc4)CC3)c2N)cc1. The molecular formula is C26H33N5. The lowest BCUT2D eigenvalue weighted by molar-refractivity contribution is 0.402. The van der Waals surface area contributed by atoms with E-state index in [1.54, 1.807) is 6.33 Å². The van der Waals surface area contributed by atoms with Gasteiger partial charge in [-0.05, 0) is 61.3 Å². The molecule has 1 aliphatic heterocycles. The van der Waals surface area contributed by atoms with Gasteiger partial charge in [0.2, 0.25) is 0 Å². The number of nitrogens with zero attached hydrogens (tertiary/aromatic N) is 3. The lowest BCUT2D eigenvalue weighted by Crippen LogP contribution is -2.35. The summed E-state index contributed by atoms with van der Waals surface area (Å²) in [6.45, 7) is 4.17. The first kappa shape index (κ1) is 21.2. The fourth-order valence-corrected chi connectivity index (χ4v) is 4.31. The van der Waals surface area contributed by atoms with Gasteiger partial charge < -0.3 is 16.0 Å². The van der Waals surface area contributed by atoms with Crippen LogP contribution in [-0.4, -0.2) is 23.1 Å². The van der Waals surface area contributed by atoms with Crippen molar-refractivity contribution >= 4 is 23.0 Å². The quantitative estimate of drug-likeness (QED) is 0.501. The molecule has 31 heavy (non-hydrogen) atoms. The van der Waals surface area contributed by atoms with Crippen molar-refractivity contribution in [3.05, 3.63) is 72.1 Å². The number of nitrogens with two attached hydrogens (primary N) is 1. The van der Waals surface area contributed by atoms with E-state index in [0.717, 1.165) is 50.3 Å². The van der Waals surface area contributed by atoms with Crippen LogP contribution in [-0.2, 0) is 12.8 Å². The molecule has 0 amide bonds. The molecule has 0 atom stereocenters. The summed E-state index contributed by atoms with van der Waals surface area (Å²) in [4.78, 5) is 11.2. The van der Waals surface area contributed by atoms with Crippen LogP contribution in [0.5, 0.6) is 0 Å². The van der Waals surface area contributed by atoms with Crippen LogP contribution in [0.25, 0.3) is 0 Å². The Balaban J connectivity index is 1.37. The number of piperidine rings is 1. The topological polar surface area (TPSA) is 67.1 Å². The van der Waals surface area contributed by atoms with Crippen molar-refractivity contribution in [3.8, 4) is 0 Å². The predicted molar refractivity (Wildman–Crippen MR) is 130 cm³/mol. The highest BCUT2D eigenvalue weighted by atomic mass is 15.2. The molecule has 3 aromatic rings. The molecule has 2 aromatic carbocycles. The van der Waals surface area contributed by atoms with Gasteiger partial charge in [-0.25, -0.2) is 9.97 Å².